The Morgan fingerprint density at radius 3 is 2.89 bits per heavy atom. The summed E-state index contributed by atoms with van der Waals surface area (Å²) in [5.41, 5.74) is 0.591. The van der Waals surface area contributed by atoms with Crippen LogP contribution in [-0.4, -0.2) is 33.2 Å². The second-order valence-electron chi connectivity index (χ2n) is 4.66. The Morgan fingerprint density at radius 1 is 1.42 bits per heavy atom. The molecule has 19 heavy (non-hydrogen) atoms. The fourth-order valence-electron chi connectivity index (χ4n) is 2.34. The van der Waals surface area contributed by atoms with Crippen molar-refractivity contribution in [1.82, 2.24) is 0 Å². The van der Waals surface area contributed by atoms with Crippen molar-refractivity contribution in [3.63, 3.8) is 0 Å². The summed E-state index contributed by atoms with van der Waals surface area (Å²) >= 11 is 7.11. The van der Waals surface area contributed by atoms with Gasteiger partial charge in [-0.05, 0) is 30.2 Å². The topological polar surface area (TPSA) is 20.2 Å². The van der Waals surface area contributed by atoms with Gasteiger partial charge in [0, 0.05) is 32.9 Å². The van der Waals surface area contributed by atoms with Gasteiger partial charge in [0.25, 0.3) is 0 Å². The summed E-state index contributed by atoms with van der Waals surface area (Å²) in [5.74, 6) is 1.99. The molecule has 1 aromatic rings. The molecule has 3 atom stereocenters. The number of rotatable bonds is 4. The van der Waals surface area contributed by atoms with Gasteiger partial charge in [-0.2, -0.15) is 23.5 Å². The summed E-state index contributed by atoms with van der Waals surface area (Å²) in [5, 5.41) is 11.1. The molecule has 1 aliphatic heterocycles. The van der Waals surface area contributed by atoms with Crippen molar-refractivity contribution in [1.29, 1.82) is 0 Å². The molecule has 0 aromatic heterocycles. The summed E-state index contributed by atoms with van der Waals surface area (Å²) in [4.78, 5) is 0. The monoisotopic (exact) mass is 364 g/mol. The Labute approximate surface area is 130 Å². The summed E-state index contributed by atoms with van der Waals surface area (Å²) < 4.78 is 14.6. The van der Waals surface area contributed by atoms with Crippen LogP contribution in [0.4, 0.5) is 4.39 Å². The van der Waals surface area contributed by atoms with Gasteiger partial charge in [0.2, 0.25) is 0 Å². The Bertz CT molecular complexity index is 430. The van der Waals surface area contributed by atoms with Crippen molar-refractivity contribution in [3.05, 3.63) is 34.1 Å². The van der Waals surface area contributed by atoms with Gasteiger partial charge in [0.1, 0.15) is 5.82 Å². The first-order valence-corrected chi connectivity index (χ1v) is 9.36. The van der Waals surface area contributed by atoms with Gasteiger partial charge in [-0.25, -0.2) is 4.39 Å². The van der Waals surface area contributed by atoms with Crippen molar-refractivity contribution < 1.29 is 9.50 Å². The quantitative estimate of drug-likeness (QED) is 0.867. The van der Waals surface area contributed by atoms with Gasteiger partial charge < -0.3 is 5.11 Å². The molecule has 1 aromatic carbocycles. The van der Waals surface area contributed by atoms with E-state index in [1.807, 2.05) is 23.5 Å². The molecular weight excluding hydrogens is 347 g/mol. The van der Waals surface area contributed by atoms with E-state index in [2.05, 4.69) is 22.9 Å². The minimum absolute atomic E-state index is 0.210. The average molecular weight is 365 g/mol. The third-order valence-electron chi connectivity index (χ3n) is 3.31. The molecule has 3 unspecified atom stereocenters. The highest BCUT2D eigenvalue weighted by Gasteiger charge is 2.31. The van der Waals surface area contributed by atoms with Crippen molar-refractivity contribution in [2.24, 2.45) is 0 Å². The molecule has 0 amide bonds. The number of aliphatic hydroxyl groups excluding tert-OH is 1. The second-order valence-corrected chi connectivity index (χ2v) is 8.21. The average Bonchev–Trinajstić information content (AvgIpc) is 2.42. The first-order valence-electron chi connectivity index (χ1n) is 6.47. The summed E-state index contributed by atoms with van der Waals surface area (Å²) in [7, 11) is 0. The zero-order valence-corrected chi connectivity index (χ0v) is 14.0. The van der Waals surface area contributed by atoms with Gasteiger partial charge >= 0.3 is 0 Å². The van der Waals surface area contributed by atoms with E-state index in [1.54, 1.807) is 12.1 Å². The van der Waals surface area contributed by atoms with Crippen LogP contribution in [0.15, 0.2) is 22.7 Å². The van der Waals surface area contributed by atoms with Gasteiger partial charge in [0.05, 0.1) is 6.10 Å². The molecule has 0 spiro atoms. The number of thioether (sulfide) groups is 2. The van der Waals surface area contributed by atoms with Crippen LogP contribution in [0.1, 0.15) is 18.9 Å². The first kappa shape index (κ1) is 15.7. The van der Waals surface area contributed by atoms with Gasteiger partial charge in [-0.1, -0.05) is 22.9 Å². The van der Waals surface area contributed by atoms with E-state index in [0.717, 1.165) is 22.4 Å². The van der Waals surface area contributed by atoms with E-state index < -0.39 is 6.10 Å². The molecule has 1 saturated heterocycles. The van der Waals surface area contributed by atoms with Crippen LogP contribution in [0, 0.1) is 5.82 Å². The molecule has 1 heterocycles. The van der Waals surface area contributed by atoms with E-state index in [0.29, 0.717) is 17.2 Å². The molecular formula is C14H18BrFOS2. The highest BCUT2D eigenvalue weighted by atomic mass is 79.9. The van der Waals surface area contributed by atoms with E-state index in [1.165, 1.54) is 6.07 Å². The molecule has 0 aliphatic carbocycles. The third kappa shape index (κ3) is 4.13. The van der Waals surface area contributed by atoms with Crippen LogP contribution in [0.25, 0.3) is 0 Å². The van der Waals surface area contributed by atoms with Gasteiger partial charge in [-0.15, -0.1) is 0 Å². The highest BCUT2D eigenvalue weighted by molar-refractivity contribution is 9.10. The second kappa shape index (κ2) is 7.34. The van der Waals surface area contributed by atoms with Crippen LogP contribution in [0.5, 0.6) is 0 Å². The van der Waals surface area contributed by atoms with Crippen molar-refractivity contribution in [2.75, 3.05) is 11.5 Å². The van der Waals surface area contributed by atoms with Crippen LogP contribution in [0.3, 0.4) is 0 Å². The molecule has 2 rings (SSSR count). The Morgan fingerprint density at radius 2 is 2.16 bits per heavy atom. The molecule has 5 heteroatoms. The third-order valence-corrected chi connectivity index (χ3v) is 7.20. The largest absolute Gasteiger partial charge is 0.392 e. The fraction of sp³-hybridized carbons (Fsp3) is 0.571. The van der Waals surface area contributed by atoms with Crippen LogP contribution < -0.4 is 0 Å². The normalized spacial score (nSPS) is 25.3. The summed E-state index contributed by atoms with van der Waals surface area (Å²) in [6.07, 6.45) is 0.965. The first-order chi connectivity index (χ1) is 9.11. The zero-order chi connectivity index (χ0) is 13.8. The van der Waals surface area contributed by atoms with Crippen molar-refractivity contribution >= 4 is 39.5 Å². The number of benzene rings is 1. The van der Waals surface area contributed by atoms with Crippen LogP contribution >= 0.6 is 39.5 Å². The number of aliphatic hydroxyl groups is 1. The smallest absolute Gasteiger partial charge is 0.126 e. The lowest BCUT2D eigenvalue weighted by molar-refractivity contribution is 0.168. The molecule has 1 fully saturated rings. The maximum atomic E-state index is 13.7. The predicted octanol–water partition coefficient (Wildman–Crippen LogP) is 4.12. The minimum Gasteiger partial charge on any atom is -0.392 e. The maximum absolute atomic E-state index is 13.7. The molecule has 1 aliphatic rings. The molecule has 0 saturated carbocycles. The standard InChI is InChI=1S/C14H18BrFOS2/c1-2-13-14(19-6-5-18-13)12(17)8-9-7-10(15)3-4-11(9)16/h3-4,7,12-14,17H,2,5-6,8H2,1H3. The van der Waals surface area contributed by atoms with E-state index in [4.69, 9.17) is 0 Å². The molecule has 1 nitrogen and oxygen atoms in total. The van der Waals surface area contributed by atoms with Crippen molar-refractivity contribution in [2.45, 2.75) is 36.4 Å². The van der Waals surface area contributed by atoms with E-state index in [-0.39, 0.29) is 11.1 Å². The van der Waals surface area contributed by atoms with Gasteiger partial charge in [-0.3, -0.25) is 0 Å². The van der Waals surface area contributed by atoms with Crippen molar-refractivity contribution in [3.8, 4) is 0 Å². The molecule has 1 N–H and O–H groups in total. The molecule has 106 valence electrons. The minimum atomic E-state index is -0.480. The SMILES string of the molecule is CCC1SCCSC1C(O)Cc1cc(Br)ccc1F. The highest BCUT2D eigenvalue weighted by Crippen LogP contribution is 2.36. The van der Waals surface area contributed by atoms with Crippen LogP contribution in [0.2, 0.25) is 0 Å². The Hall–Kier alpha value is 0.290. The molecule has 0 bridgehead atoms. The number of halogens is 2. The lowest BCUT2D eigenvalue weighted by Crippen LogP contribution is -2.37. The number of hydrogen-bond acceptors (Lipinski definition) is 3. The zero-order valence-electron chi connectivity index (χ0n) is 10.8. The summed E-state index contributed by atoms with van der Waals surface area (Å²) in [6, 6.07) is 4.90. The van der Waals surface area contributed by atoms with Crippen LogP contribution in [-0.2, 0) is 6.42 Å². The lowest BCUT2D eigenvalue weighted by atomic mass is 10.0. The fourth-order valence-corrected chi connectivity index (χ4v) is 5.89. The summed E-state index contributed by atoms with van der Waals surface area (Å²) in [6.45, 7) is 2.16. The number of hydrogen-bond donors (Lipinski definition) is 1. The van der Waals surface area contributed by atoms with E-state index in [9.17, 15) is 9.50 Å². The Balaban J connectivity index is 2.06. The van der Waals surface area contributed by atoms with Gasteiger partial charge in [0.15, 0.2) is 0 Å². The Kier molecular flexibility index (Phi) is 6.06. The predicted molar refractivity (Wildman–Crippen MR) is 86.6 cm³/mol. The molecule has 0 radical (unpaired) electrons. The lowest BCUT2D eigenvalue weighted by Gasteiger charge is -2.33. The van der Waals surface area contributed by atoms with E-state index >= 15 is 0 Å². The maximum Gasteiger partial charge on any atom is 0.126 e.